The fourth-order valence-corrected chi connectivity index (χ4v) is 1.39. The molecule has 0 aliphatic carbocycles. The fraction of sp³-hybridized carbons (Fsp3) is 0.583. The molecule has 0 saturated carbocycles. The minimum Gasteiger partial charge on any atom is -0.462 e. The van der Waals surface area contributed by atoms with Crippen molar-refractivity contribution in [3.05, 3.63) is 23.3 Å². The van der Waals surface area contributed by atoms with Crippen LogP contribution in [0.25, 0.3) is 0 Å². The van der Waals surface area contributed by atoms with Gasteiger partial charge in [0.1, 0.15) is 5.82 Å². The minimum atomic E-state index is -0.351. The second kappa shape index (κ2) is 5.58. The van der Waals surface area contributed by atoms with Gasteiger partial charge in [-0.1, -0.05) is 13.8 Å². The van der Waals surface area contributed by atoms with E-state index in [1.807, 2.05) is 0 Å². The number of rotatable bonds is 4. The summed E-state index contributed by atoms with van der Waals surface area (Å²) in [6, 6.07) is 0. The summed E-state index contributed by atoms with van der Waals surface area (Å²) in [6.45, 7) is 8.17. The second-order valence-electron chi connectivity index (χ2n) is 4.10. The molecule has 0 unspecified atom stereocenters. The van der Waals surface area contributed by atoms with Gasteiger partial charge in [-0.15, -0.1) is 0 Å². The van der Waals surface area contributed by atoms with Gasteiger partial charge in [0.2, 0.25) is 0 Å². The van der Waals surface area contributed by atoms with Crippen molar-refractivity contribution in [3.8, 4) is 0 Å². The van der Waals surface area contributed by atoms with E-state index in [9.17, 15) is 4.79 Å². The molecular formula is C12H18N2O2. The minimum absolute atomic E-state index is 0.351. The highest BCUT2D eigenvalue weighted by Crippen LogP contribution is 2.08. The molecule has 88 valence electrons. The molecule has 0 aliphatic rings. The predicted molar refractivity (Wildman–Crippen MR) is 61.3 cm³/mol. The number of nitrogens with zero attached hydrogens (tertiary/aromatic N) is 2. The van der Waals surface area contributed by atoms with Crippen LogP contribution in [0.3, 0.4) is 0 Å². The van der Waals surface area contributed by atoms with Gasteiger partial charge in [-0.25, -0.2) is 14.8 Å². The first kappa shape index (κ1) is 12.6. The Morgan fingerprint density at radius 2 is 2.19 bits per heavy atom. The molecule has 4 nitrogen and oxygen atoms in total. The summed E-state index contributed by atoms with van der Waals surface area (Å²) in [7, 11) is 0. The monoisotopic (exact) mass is 222 g/mol. The molecule has 0 saturated heterocycles. The Balaban J connectivity index is 2.87. The zero-order valence-corrected chi connectivity index (χ0v) is 10.3. The Morgan fingerprint density at radius 3 is 2.69 bits per heavy atom. The van der Waals surface area contributed by atoms with Crippen LogP contribution in [-0.2, 0) is 11.2 Å². The molecule has 0 amide bonds. The van der Waals surface area contributed by atoms with Crippen molar-refractivity contribution >= 4 is 5.97 Å². The summed E-state index contributed by atoms with van der Waals surface area (Å²) < 4.78 is 4.91. The van der Waals surface area contributed by atoms with E-state index in [0.717, 1.165) is 12.2 Å². The third kappa shape index (κ3) is 3.29. The Hall–Kier alpha value is -1.45. The Kier molecular flexibility index (Phi) is 4.40. The lowest BCUT2D eigenvalue weighted by molar-refractivity contribution is 0.0524. The van der Waals surface area contributed by atoms with Gasteiger partial charge < -0.3 is 4.74 Å². The van der Waals surface area contributed by atoms with Crippen LogP contribution in [0.2, 0.25) is 0 Å². The first-order valence-corrected chi connectivity index (χ1v) is 5.54. The third-order valence-electron chi connectivity index (χ3n) is 2.12. The molecule has 1 rings (SSSR count). The molecule has 0 N–H and O–H groups in total. The number of ether oxygens (including phenoxy) is 1. The van der Waals surface area contributed by atoms with Crippen molar-refractivity contribution in [2.75, 3.05) is 6.61 Å². The highest BCUT2D eigenvalue weighted by molar-refractivity contribution is 5.90. The van der Waals surface area contributed by atoms with Gasteiger partial charge in [-0.3, -0.25) is 0 Å². The average molecular weight is 222 g/mol. The van der Waals surface area contributed by atoms with Crippen LogP contribution >= 0.6 is 0 Å². The SMILES string of the molecule is CCOC(=O)c1cnc(CC(C)C)nc1C. The number of aromatic nitrogens is 2. The van der Waals surface area contributed by atoms with Crippen LogP contribution in [0, 0.1) is 12.8 Å². The number of esters is 1. The summed E-state index contributed by atoms with van der Waals surface area (Å²) in [6.07, 6.45) is 2.38. The molecule has 1 aromatic heterocycles. The zero-order valence-electron chi connectivity index (χ0n) is 10.3. The number of carbonyl (C=O) groups is 1. The number of carbonyl (C=O) groups excluding carboxylic acids is 1. The molecule has 0 bridgehead atoms. The molecule has 0 spiro atoms. The molecule has 1 heterocycles. The van der Waals surface area contributed by atoms with Crippen molar-refractivity contribution in [1.82, 2.24) is 9.97 Å². The summed E-state index contributed by atoms with van der Waals surface area (Å²) >= 11 is 0. The van der Waals surface area contributed by atoms with Crippen LogP contribution in [0.5, 0.6) is 0 Å². The summed E-state index contributed by atoms with van der Waals surface area (Å²) in [5.74, 6) is 0.935. The topological polar surface area (TPSA) is 52.1 Å². The second-order valence-corrected chi connectivity index (χ2v) is 4.10. The summed E-state index contributed by atoms with van der Waals surface area (Å²) in [4.78, 5) is 20.0. The van der Waals surface area contributed by atoms with Crippen molar-refractivity contribution in [2.45, 2.75) is 34.1 Å². The fourth-order valence-electron chi connectivity index (χ4n) is 1.39. The molecule has 0 atom stereocenters. The maximum absolute atomic E-state index is 11.5. The van der Waals surface area contributed by atoms with E-state index in [4.69, 9.17) is 4.74 Å². The molecule has 0 aliphatic heterocycles. The first-order valence-electron chi connectivity index (χ1n) is 5.54. The lowest BCUT2D eigenvalue weighted by Crippen LogP contribution is -2.11. The van der Waals surface area contributed by atoms with Crippen LogP contribution in [0.15, 0.2) is 6.20 Å². The molecule has 16 heavy (non-hydrogen) atoms. The molecule has 0 radical (unpaired) electrons. The molecular weight excluding hydrogens is 204 g/mol. The highest BCUT2D eigenvalue weighted by Gasteiger charge is 2.12. The van der Waals surface area contributed by atoms with Crippen LogP contribution in [0.1, 0.15) is 42.6 Å². The van der Waals surface area contributed by atoms with Crippen LogP contribution in [0.4, 0.5) is 0 Å². The molecule has 0 aromatic carbocycles. The van der Waals surface area contributed by atoms with Gasteiger partial charge in [0.05, 0.1) is 17.9 Å². The number of hydrogen-bond acceptors (Lipinski definition) is 4. The Bertz CT molecular complexity index is 375. The first-order chi connectivity index (χ1) is 7.54. The average Bonchev–Trinajstić information content (AvgIpc) is 2.16. The van der Waals surface area contributed by atoms with Crippen LogP contribution < -0.4 is 0 Å². The number of hydrogen-bond donors (Lipinski definition) is 0. The van der Waals surface area contributed by atoms with E-state index < -0.39 is 0 Å². The smallest absolute Gasteiger partial charge is 0.341 e. The Labute approximate surface area is 96.1 Å². The van der Waals surface area contributed by atoms with E-state index in [2.05, 4.69) is 23.8 Å². The summed E-state index contributed by atoms with van der Waals surface area (Å²) in [5, 5.41) is 0. The van der Waals surface area contributed by atoms with Gasteiger partial charge in [-0.05, 0) is 19.8 Å². The lowest BCUT2D eigenvalue weighted by atomic mass is 10.1. The van der Waals surface area contributed by atoms with E-state index in [1.54, 1.807) is 20.0 Å². The molecule has 4 heteroatoms. The van der Waals surface area contributed by atoms with Gasteiger partial charge >= 0.3 is 5.97 Å². The maximum atomic E-state index is 11.5. The van der Waals surface area contributed by atoms with Crippen molar-refractivity contribution < 1.29 is 9.53 Å². The maximum Gasteiger partial charge on any atom is 0.341 e. The van der Waals surface area contributed by atoms with E-state index in [1.165, 1.54) is 0 Å². The lowest BCUT2D eigenvalue weighted by Gasteiger charge is -2.07. The van der Waals surface area contributed by atoms with E-state index in [-0.39, 0.29) is 5.97 Å². The van der Waals surface area contributed by atoms with Gasteiger partial charge in [0.15, 0.2) is 0 Å². The molecule has 0 fully saturated rings. The standard InChI is InChI=1S/C12H18N2O2/c1-5-16-12(15)10-7-13-11(6-8(2)3)14-9(10)4/h7-8H,5-6H2,1-4H3. The highest BCUT2D eigenvalue weighted by atomic mass is 16.5. The van der Waals surface area contributed by atoms with Crippen molar-refractivity contribution in [3.63, 3.8) is 0 Å². The zero-order chi connectivity index (χ0) is 12.1. The Morgan fingerprint density at radius 1 is 1.50 bits per heavy atom. The van der Waals surface area contributed by atoms with Gasteiger partial charge in [-0.2, -0.15) is 0 Å². The quantitative estimate of drug-likeness (QED) is 0.732. The third-order valence-corrected chi connectivity index (χ3v) is 2.12. The largest absolute Gasteiger partial charge is 0.462 e. The predicted octanol–water partition coefficient (Wildman–Crippen LogP) is 2.16. The van der Waals surface area contributed by atoms with Gasteiger partial charge in [0, 0.05) is 12.6 Å². The number of aryl methyl sites for hydroxylation is 1. The van der Waals surface area contributed by atoms with Gasteiger partial charge in [0.25, 0.3) is 0 Å². The molecule has 1 aromatic rings. The van der Waals surface area contributed by atoms with Crippen molar-refractivity contribution in [1.29, 1.82) is 0 Å². The normalized spacial score (nSPS) is 10.6. The summed E-state index contributed by atoms with van der Waals surface area (Å²) in [5.41, 5.74) is 1.14. The van der Waals surface area contributed by atoms with Crippen LogP contribution in [-0.4, -0.2) is 22.5 Å². The van der Waals surface area contributed by atoms with E-state index in [0.29, 0.717) is 23.8 Å². The van der Waals surface area contributed by atoms with E-state index >= 15 is 0 Å². The van der Waals surface area contributed by atoms with Crippen molar-refractivity contribution in [2.24, 2.45) is 5.92 Å².